The minimum Gasteiger partial charge on any atom is -0.454 e. The molecule has 1 aromatic rings. The monoisotopic (exact) mass is 391 g/mol. The molecule has 0 bridgehead atoms. The first kappa shape index (κ1) is 19.8. The molecule has 150 valence electrons. The first-order valence-corrected chi connectivity index (χ1v) is 9.17. The second-order valence-electron chi connectivity index (χ2n) is 7.16. The third-order valence-electron chi connectivity index (χ3n) is 5.28. The molecule has 9 heteroatoms. The van der Waals surface area contributed by atoms with Gasteiger partial charge in [0.1, 0.15) is 17.9 Å². The standard InChI is InChI=1S/C19H22FN3O5/c1-12-4-2-3-9-19(12)17(26)23(18(27)22-19)10-16(25)28-11-15(24)21-14-7-5-13(20)6-8-14/h5-8,12H,2-4,9-11H2,1H3,(H,21,24)(H,22,27)/t12-,19+/m0/s1. The van der Waals surface area contributed by atoms with Gasteiger partial charge in [0.2, 0.25) is 0 Å². The predicted octanol–water partition coefficient (Wildman–Crippen LogP) is 1.81. The number of carbonyl (C=O) groups is 4. The fourth-order valence-corrected chi connectivity index (χ4v) is 3.69. The van der Waals surface area contributed by atoms with E-state index in [2.05, 4.69) is 10.6 Å². The molecule has 2 atom stereocenters. The quantitative estimate of drug-likeness (QED) is 0.588. The van der Waals surface area contributed by atoms with Gasteiger partial charge in [0, 0.05) is 5.69 Å². The summed E-state index contributed by atoms with van der Waals surface area (Å²) in [7, 11) is 0. The molecular formula is C19H22FN3O5. The van der Waals surface area contributed by atoms with E-state index in [4.69, 9.17) is 4.74 Å². The van der Waals surface area contributed by atoms with Crippen LogP contribution in [0.2, 0.25) is 0 Å². The molecule has 0 unspecified atom stereocenters. The third kappa shape index (κ3) is 3.97. The van der Waals surface area contributed by atoms with Crippen molar-refractivity contribution in [3.05, 3.63) is 30.1 Å². The molecule has 28 heavy (non-hydrogen) atoms. The molecule has 0 radical (unpaired) electrons. The topological polar surface area (TPSA) is 105 Å². The molecule has 8 nitrogen and oxygen atoms in total. The molecule has 2 aliphatic rings. The van der Waals surface area contributed by atoms with Gasteiger partial charge in [0.25, 0.3) is 11.8 Å². The number of urea groups is 1. The summed E-state index contributed by atoms with van der Waals surface area (Å²) in [5.41, 5.74) is -0.597. The third-order valence-corrected chi connectivity index (χ3v) is 5.28. The second kappa shape index (κ2) is 7.95. The van der Waals surface area contributed by atoms with Crippen LogP contribution in [0.1, 0.15) is 32.6 Å². The number of hydrogen-bond donors (Lipinski definition) is 2. The molecule has 2 fully saturated rings. The summed E-state index contributed by atoms with van der Waals surface area (Å²) in [6, 6.07) is 4.48. The molecule has 2 N–H and O–H groups in total. The van der Waals surface area contributed by atoms with Crippen LogP contribution >= 0.6 is 0 Å². The molecule has 1 saturated carbocycles. The van der Waals surface area contributed by atoms with Gasteiger partial charge in [-0.15, -0.1) is 0 Å². The number of hydrogen-bond acceptors (Lipinski definition) is 5. The van der Waals surface area contributed by atoms with Gasteiger partial charge in [-0.25, -0.2) is 9.18 Å². The number of benzene rings is 1. The molecule has 4 amide bonds. The Labute approximate surface area is 161 Å². The number of nitrogens with zero attached hydrogens (tertiary/aromatic N) is 1. The zero-order valence-electron chi connectivity index (χ0n) is 15.5. The number of nitrogens with one attached hydrogen (secondary N) is 2. The summed E-state index contributed by atoms with van der Waals surface area (Å²) in [6.07, 6.45) is 3.20. The Morgan fingerprint density at radius 2 is 2.00 bits per heavy atom. The minimum atomic E-state index is -0.949. The van der Waals surface area contributed by atoms with Crippen LogP contribution in [-0.4, -0.2) is 47.4 Å². The fraction of sp³-hybridized carbons (Fsp3) is 0.474. The number of carbonyl (C=O) groups excluding carboxylic acids is 4. The summed E-state index contributed by atoms with van der Waals surface area (Å²) in [5, 5.41) is 5.19. The Kier molecular flexibility index (Phi) is 5.62. The Morgan fingerprint density at radius 3 is 2.68 bits per heavy atom. The van der Waals surface area contributed by atoms with E-state index in [9.17, 15) is 23.6 Å². The van der Waals surface area contributed by atoms with Crippen molar-refractivity contribution in [3.8, 4) is 0 Å². The molecule has 1 aromatic carbocycles. The van der Waals surface area contributed by atoms with Crippen molar-refractivity contribution >= 4 is 29.5 Å². The van der Waals surface area contributed by atoms with Crippen molar-refractivity contribution in [3.63, 3.8) is 0 Å². The van der Waals surface area contributed by atoms with Crippen LogP contribution in [0.3, 0.4) is 0 Å². The first-order valence-electron chi connectivity index (χ1n) is 9.17. The highest BCUT2D eigenvalue weighted by Gasteiger charge is 2.55. The maximum atomic E-state index is 12.8. The van der Waals surface area contributed by atoms with Crippen molar-refractivity contribution in [1.82, 2.24) is 10.2 Å². The lowest BCUT2D eigenvalue weighted by Crippen LogP contribution is -2.54. The van der Waals surface area contributed by atoms with Crippen LogP contribution in [0.15, 0.2) is 24.3 Å². The maximum absolute atomic E-state index is 12.8. The summed E-state index contributed by atoms with van der Waals surface area (Å²) in [6.45, 7) is 0.781. The molecule has 1 spiro atoms. The Hall–Kier alpha value is -2.97. The zero-order chi connectivity index (χ0) is 20.3. The average molecular weight is 391 g/mol. The van der Waals surface area contributed by atoms with Gasteiger partial charge < -0.3 is 15.4 Å². The number of rotatable bonds is 5. The van der Waals surface area contributed by atoms with Gasteiger partial charge in [-0.1, -0.05) is 19.8 Å². The van der Waals surface area contributed by atoms with Gasteiger partial charge in [-0.3, -0.25) is 19.3 Å². The van der Waals surface area contributed by atoms with Gasteiger partial charge in [0.15, 0.2) is 6.61 Å². The fourth-order valence-electron chi connectivity index (χ4n) is 3.69. The molecule has 1 aliphatic heterocycles. The molecule has 1 heterocycles. The van der Waals surface area contributed by atoms with E-state index in [0.29, 0.717) is 12.1 Å². The summed E-state index contributed by atoms with van der Waals surface area (Å²) in [5.74, 6) is -2.35. The number of amides is 4. The SMILES string of the molecule is C[C@H]1CCCC[C@@]12NC(=O)N(CC(=O)OCC(=O)Nc1ccc(F)cc1)C2=O. The van der Waals surface area contributed by atoms with Gasteiger partial charge >= 0.3 is 12.0 Å². The van der Waals surface area contributed by atoms with Crippen molar-refractivity contribution in [1.29, 1.82) is 0 Å². The van der Waals surface area contributed by atoms with Crippen LogP contribution in [0.25, 0.3) is 0 Å². The lowest BCUT2D eigenvalue weighted by molar-refractivity contribution is -0.150. The molecule has 1 aliphatic carbocycles. The van der Waals surface area contributed by atoms with E-state index in [1.165, 1.54) is 24.3 Å². The number of anilines is 1. The van der Waals surface area contributed by atoms with E-state index < -0.39 is 48.3 Å². The summed E-state index contributed by atoms with van der Waals surface area (Å²) >= 11 is 0. The number of imide groups is 1. The Morgan fingerprint density at radius 1 is 1.29 bits per heavy atom. The molecule has 0 aromatic heterocycles. The Balaban J connectivity index is 1.51. The number of esters is 1. The van der Waals surface area contributed by atoms with Crippen molar-refractivity contribution < 1.29 is 28.3 Å². The second-order valence-corrected chi connectivity index (χ2v) is 7.16. The minimum absolute atomic E-state index is 0.0137. The van der Waals surface area contributed by atoms with E-state index in [1.807, 2.05) is 6.92 Å². The smallest absolute Gasteiger partial charge is 0.326 e. The van der Waals surface area contributed by atoms with Crippen LogP contribution < -0.4 is 10.6 Å². The van der Waals surface area contributed by atoms with Gasteiger partial charge in [-0.2, -0.15) is 0 Å². The maximum Gasteiger partial charge on any atom is 0.326 e. The molecule has 3 rings (SSSR count). The number of halogens is 1. The lowest BCUT2D eigenvalue weighted by Gasteiger charge is -2.36. The first-order chi connectivity index (χ1) is 13.3. The van der Waals surface area contributed by atoms with Crippen molar-refractivity contribution in [2.75, 3.05) is 18.5 Å². The number of ether oxygens (including phenoxy) is 1. The molecular weight excluding hydrogens is 369 g/mol. The van der Waals surface area contributed by atoms with E-state index in [0.717, 1.165) is 24.2 Å². The Bertz CT molecular complexity index is 797. The van der Waals surface area contributed by atoms with E-state index >= 15 is 0 Å². The van der Waals surface area contributed by atoms with Gasteiger partial charge in [-0.05, 0) is 43.0 Å². The highest BCUT2D eigenvalue weighted by molar-refractivity contribution is 6.09. The lowest BCUT2D eigenvalue weighted by atomic mass is 9.73. The van der Waals surface area contributed by atoms with Crippen molar-refractivity contribution in [2.24, 2.45) is 5.92 Å². The van der Waals surface area contributed by atoms with Crippen LogP contribution in [0.4, 0.5) is 14.9 Å². The highest BCUT2D eigenvalue weighted by Crippen LogP contribution is 2.38. The highest BCUT2D eigenvalue weighted by atomic mass is 19.1. The van der Waals surface area contributed by atoms with Crippen molar-refractivity contribution in [2.45, 2.75) is 38.1 Å². The van der Waals surface area contributed by atoms with E-state index in [-0.39, 0.29) is 5.92 Å². The normalized spacial score (nSPS) is 24.2. The summed E-state index contributed by atoms with van der Waals surface area (Å²) < 4.78 is 17.7. The van der Waals surface area contributed by atoms with Crippen LogP contribution in [0.5, 0.6) is 0 Å². The predicted molar refractivity (Wildman–Crippen MR) is 96.6 cm³/mol. The average Bonchev–Trinajstić information content (AvgIpc) is 2.89. The summed E-state index contributed by atoms with van der Waals surface area (Å²) in [4.78, 5) is 49.7. The molecule has 1 saturated heterocycles. The van der Waals surface area contributed by atoms with Crippen LogP contribution in [-0.2, 0) is 19.1 Å². The van der Waals surface area contributed by atoms with E-state index in [1.54, 1.807) is 0 Å². The zero-order valence-corrected chi connectivity index (χ0v) is 15.5. The van der Waals surface area contributed by atoms with Crippen LogP contribution in [0, 0.1) is 11.7 Å². The van der Waals surface area contributed by atoms with Gasteiger partial charge in [0.05, 0.1) is 0 Å². The largest absolute Gasteiger partial charge is 0.454 e.